The molecule has 806 valence electrons. The van der Waals surface area contributed by atoms with Gasteiger partial charge in [0.25, 0.3) is 0 Å². The topological polar surface area (TPSA) is 470 Å². The lowest BCUT2D eigenvalue weighted by Crippen LogP contribution is -2.82. The number of esters is 6. The number of carbonyl (C=O) groups excluding carboxylic acids is 9. The third kappa shape index (κ3) is 21.9. The van der Waals surface area contributed by atoms with Crippen molar-refractivity contribution < 1.29 is 147 Å². The van der Waals surface area contributed by atoms with Gasteiger partial charge in [0.1, 0.15) is 71.2 Å². The lowest BCUT2D eigenvalue weighted by molar-refractivity contribution is -0.362. The molecule has 2 amide bonds. The molecule has 0 aromatic heterocycles. The Morgan fingerprint density at radius 3 is 1.29 bits per heavy atom. The summed E-state index contributed by atoms with van der Waals surface area (Å²) in [7, 11) is 1.00. The van der Waals surface area contributed by atoms with E-state index >= 15 is 0 Å². The maximum Gasteiger partial charge on any atom is 0.408 e. The summed E-state index contributed by atoms with van der Waals surface area (Å²) in [6.07, 6.45) is -13.0. The van der Waals surface area contributed by atoms with Crippen molar-refractivity contribution in [2.24, 2.45) is 33.5 Å². The molecule has 4 aromatic carbocycles. The van der Waals surface area contributed by atoms with Gasteiger partial charge in [0, 0.05) is 101 Å². The van der Waals surface area contributed by atoms with Crippen molar-refractivity contribution in [3.63, 3.8) is 0 Å². The van der Waals surface area contributed by atoms with Gasteiger partial charge in [-0.3, -0.25) is 19.3 Å². The summed E-state index contributed by atoms with van der Waals surface area (Å²) in [5, 5.41) is 92.3. The number of benzene rings is 4. The zero-order valence-electron chi connectivity index (χ0n) is 86.5. The minimum atomic E-state index is -2.25. The Bertz CT molecular complexity index is 5310. The first-order valence-corrected chi connectivity index (χ1v) is 51.3. The molecule has 4 unspecified atom stereocenters. The minimum Gasteiger partial charge on any atom is -0.456 e. The number of aliphatic hydroxyl groups excluding tert-OH is 5. The molecule has 8 heterocycles. The molecule has 6 aliphatic carbocycles. The standard InChI is InChI=1S/C54H73N3O14.C45H55NO15.C9H18N2.CH4O.CH4.H2/c1-31-36(66-48(62)42(60)41(33-18-11-9-12-19-33)55-49(63)71-50(3,4)5)27-54(64)46(69-47(61)34-20-13-10-14-21-34)44-52(8,37(59)26-38-53(44,30-65-38)70-32(2)58)45-43(40(31)51(54,6)7)67-39(68-45)29-57-25-17-22-35(57)28-56-23-15-16-24-56;1-23-27(56-39(52)33(50)32(25-15-11-9-12-16-25)46-40(53)61-41(3,4)5)20-45(54)37(59-38(51)26-17-13-10-14-18-26)35-43(8,28(49)19-29-44(35,22-55-29)60-24(2)48)36-34(31(23)42(45,6)7)57-30(21-47)58-36;1-2-7-11(6-1)8-9-4-3-5-10-9;1-2;;/h9-14,18-21,35-39,41-46,59-60,64H,15-17,22-30H2,1-8H3,(H,55,63);9-18,21,27-30,32-37,49-50,54H,19-20,22H2,1-8H3,(H,46,53);9-10H,1-8H2;2H,1H3;1H4;1H/t35-,36-,37-,38?,39?,41-,42+,43+,44-,45+,46-,52+,53-,54+;27-,28-,29?,30?,32-,33+,34+,35-,36+,37-,43+,44-,45+;9-;;;/m000.../s1. The first-order chi connectivity index (χ1) is 68.6. The molecule has 0 radical (unpaired) electrons. The summed E-state index contributed by atoms with van der Waals surface area (Å²) < 4.78 is 88.5. The van der Waals surface area contributed by atoms with Crippen LogP contribution in [0.2, 0.25) is 0 Å². The van der Waals surface area contributed by atoms with E-state index in [4.69, 9.17) is 71.4 Å². The number of ether oxygens (including phenoxy) is 14. The number of aldehydes is 1. The molecule has 8 saturated heterocycles. The highest BCUT2D eigenvalue weighted by Gasteiger charge is 2.82. The monoisotopic (exact) mass is 2040 g/mol. The van der Waals surface area contributed by atoms with Crippen LogP contribution in [0.15, 0.2) is 144 Å². The molecule has 28 atom stereocenters. The molecule has 18 rings (SSSR count). The van der Waals surface area contributed by atoms with Crippen molar-refractivity contribution in [3.8, 4) is 0 Å². The predicted octanol–water partition coefficient (Wildman–Crippen LogP) is 9.96. The molecule has 36 heteroatoms. The molecule has 12 fully saturated rings. The van der Waals surface area contributed by atoms with Gasteiger partial charge in [0.15, 0.2) is 36.0 Å². The Balaban J connectivity index is 0.000000217. The van der Waals surface area contributed by atoms with Gasteiger partial charge in [-0.05, 0) is 204 Å². The van der Waals surface area contributed by atoms with Crippen LogP contribution < -0.4 is 16.0 Å². The average Bonchev–Trinajstić information content (AvgIpc) is 1.58. The lowest BCUT2D eigenvalue weighted by atomic mass is 9.44. The Morgan fingerprint density at radius 1 is 0.521 bits per heavy atom. The van der Waals surface area contributed by atoms with E-state index in [9.17, 15) is 73.8 Å². The molecular formula is C110H156N6O30. The molecule has 36 nitrogen and oxygen atoms in total. The summed E-state index contributed by atoms with van der Waals surface area (Å²) in [5.41, 5.74) is -12.5. The summed E-state index contributed by atoms with van der Waals surface area (Å²) >= 11 is 0. The van der Waals surface area contributed by atoms with Gasteiger partial charge in [-0.25, -0.2) is 28.8 Å². The van der Waals surface area contributed by atoms with Crippen LogP contribution in [0.1, 0.15) is 241 Å². The number of nitrogens with one attached hydrogen (secondary N) is 3. The SMILES string of the molecule is C.C1CN[C@H](CN2CCCC2)C1.CC(=O)O[C@@]12COC1C[C@H](O)[C@@]1(C)[C@@H]3OC(C=O)O[C@@H]3C3=C(C)[C@@H](OC(=O)[C@H](O)[C@@H](NC(=O)OC(C)(C)C)c4ccccc4)C[C@@](O)([C@@H](OC(=O)c4ccccc4)[C@@H]12)C3(C)C.CC(=O)O[C@@]12COC1C[C@H](O)[C@@]1(C)[C@@H]3OC(CN4CCC[C@H]4CN4CCCC4)O[C@@H]3C3=C(C)[C@@H](OC(=O)[C@H](O)[C@@H](NC(=O)OC(C)(C)C)c4ccccc4)C[C@@](O)([C@@H](OC(=O)c4ccccc4)[C@@H]12)C3(C)C.CO.[HH]. The second kappa shape index (κ2) is 44.7. The van der Waals surface area contributed by atoms with Crippen LogP contribution in [0.3, 0.4) is 0 Å². The van der Waals surface area contributed by atoms with E-state index in [-0.39, 0.29) is 58.5 Å². The second-order valence-electron chi connectivity index (χ2n) is 45.0. The second-order valence-corrected chi connectivity index (χ2v) is 45.0. The molecule has 14 aliphatic rings. The first-order valence-electron chi connectivity index (χ1n) is 51.3. The number of aliphatic hydroxyl groups is 7. The van der Waals surface area contributed by atoms with Crippen LogP contribution >= 0.6 is 0 Å². The summed E-state index contributed by atoms with van der Waals surface area (Å²) in [6.45, 7) is 35.8. The zero-order chi connectivity index (χ0) is 105. The Morgan fingerprint density at radius 2 is 0.918 bits per heavy atom. The number of hydrogen-bond donors (Lipinski definition) is 10. The summed E-state index contributed by atoms with van der Waals surface area (Å²) in [5.74, 6) is -7.78. The molecule has 4 saturated carbocycles. The Hall–Kier alpha value is -9.29. The van der Waals surface area contributed by atoms with Crippen LogP contribution in [-0.2, 0) is 90.3 Å². The number of hydrogen-bond acceptors (Lipinski definition) is 34. The molecule has 0 spiro atoms. The van der Waals surface area contributed by atoms with Crippen molar-refractivity contribution in [1.82, 2.24) is 30.7 Å². The average molecular weight is 2040 g/mol. The summed E-state index contributed by atoms with van der Waals surface area (Å²) in [6, 6.07) is 31.5. The number of nitrogens with zero attached hydrogens (tertiary/aromatic N) is 3. The van der Waals surface area contributed by atoms with Crippen molar-refractivity contribution in [1.29, 1.82) is 0 Å². The normalized spacial score (nSPS) is 35.2. The third-order valence-corrected chi connectivity index (χ3v) is 33.1. The van der Waals surface area contributed by atoms with E-state index in [1.165, 1.54) is 90.7 Å². The maximum absolute atomic E-state index is 14.7. The highest BCUT2D eigenvalue weighted by Crippen LogP contribution is 2.70. The van der Waals surface area contributed by atoms with Crippen molar-refractivity contribution in [2.75, 3.05) is 79.2 Å². The number of alkyl carbamates (subject to hydrolysis) is 2. The Labute approximate surface area is 857 Å². The van der Waals surface area contributed by atoms with Gasteiger partial charge < -0.3 is 128 Å². The first kappa shape index (κ1) is 112. The molecule has 4 aromatic rings. The quantitative estimate of drug-likeness (QED) is 0.0143. The third-order valence-electron chi connectivity index (χ3n) is 33.1. The number of rotatable bonds is 23. The van der Waals surface area contributed by atoms with Gasteiger partial charge in [0.05, 0.1) is 72.7 Å². The highest BCUT2D eigenvalue weighted by atomic mass is 16.7. The van der Waals surface area contributed by atoms with Crippen LogP contribution in [0.4, 0.5) is 9.59 Å². The van der Waals surface area contributed by atoms with Gasteiger partial charge >= 0.3 is 48.0 Å². The van der Waals surface area contributed by atoms with Crippen molar-refractivity contribution in [2.45, 2.75) is 351 Å². The lowest BCUT2D eigenvalue weighted by Gasteiger charge is -2.68. The fraction of sp³-hybridized carbons (Fsp3) is 0.664. The molecule has 8 aliphatic heterocycles. The molecule has 10 N–H and O–H groups in total. The van der Waals surface area contributed by atoms with E-state index in [2.05, 4.69) is 30.7 Å². The van der Waals surface area contributed by atoms with Crippen molar-refractivity contribution in [3.05, 3.63) is 166 Å². The van der Waals surface area contributed by atoms with Crippen LogP contribution in [0.5, 0.6) is 0 Å². The smallest absolute Gasteiger partial charge is 0.408 e. The van der Waals surface area contributed by atoms with E-state index in [1.54, 1.807) is 185 Å². The summed E-state index contributed by atoms with van der Waals surface area (Å²) in [4.78, 5) is 131. The number of amides is 2. The van der Waals surface area contributed by atoms with Gasteiger partial charge in [-0.2, -0.15) is 0 Å². The van der Waals surface area contributed by atoms with E-state index in [1.807, 2.05) is 20.8 Å². The van der Waals surface area contributed by atoms with Crippen LogP contribution in [0.25, 0.3) is 0 Å². The number of likely N-dealkylation sites (tertiary alicyclic amines) is 3. The fourth-order valence-corrected chi connectivity index (χ4v) is 26.0. The van der Waals surface area contributed by atoms with Crippen LogP contribution in [0, 0.1) is 33.5 Å². The maximum atomic E-state index is 14.7. The molecular weight excluding hydrogens is 1890 g/mol. The fourth-order valence-electron chi connectivity index (χ4n) is 26.0. The molecule has 4 bridgehead atoms. The van der Waals surface area contributed by atoms with E-state index in [0.717, 1.165) is 52.2 Å². The van der Waals surface area contributed by atoms with E-state index in [0.29, 0.717) is 46.3 Å². The largest absolute Gasteiger partial charge is 0.456 e. The highest BCUT2D eigenvalue weighted by molar-refractivity contribution is 5.90. The predicted molar refractivity (Wildman–Crippen MR) is 532 cm³/mol. The van der Waals surface area contributed by atoms with Gasteiger partial charge in [-0.1, -0.05) is 146 Å². The van der Waals surface area contributed by atoms with Gasteiger partial charge in [-0.15, -0.1) is 0 Å². The van der Waals surface area contributed by atoms with E-state index < -0.39 is 232 Å². The number of fused-ring (bicyclic) bond motifs is 16. The Kier molecular flexibility index (Phi) is 34.4. The number of carbonyl (C=O) groups is 9. The van der Waals surface area contributed by atoms with Crippen LogP contribution in [-0.4, -0.2) is 328 Å². The molecule has 146 heavy (non-hydrogen) atoms. The minimum absolute atomic E-state index is 0. The zero-order valence-corrected chi connectivity index (χ0v) is 86.5. The van der Waals surface area contributed by atoms with Gasteiger partial charge in [0.2, 0.25) is 6.29 Å². The van der Waals surface area contributed by atoms with Crippen molar-refractivity contribution >= 4 is 54.3 Å².